The predicted molar refractivity (Wildman–Crippen MR) is 108 cm³/mol. The van der Waals surface area contributed by atoms with E-state index in [1.165, 1.54) is 6.07 Å². The third kappa shape index (κ3) is 2.76. The maximum atomic E-state index is 14.5. The number of ether oxygens (including phenoxy) is 1. The van der Waals surface area contributed by atoms with Gasteiger partial charge in [-0.25, -0.2) is 14.4 Å². The average molecular weight is 403 g/mol. The molecule has 8 nitrogen and oxygen atoms in total. The lowest BCUT2D eigenvalue weighted by Crippen LogP contribution is -2.09. The number of aryl methyl sites for hydroxylation is 2. The standard InChI is InChI=1S/C21H18FN7O/c1-11-19(12(2)28-27-11)16-9-25-21(29-10-13(7-23)26-20(16)29)24-8-15-14-5-6-30-18(14)4-3-17(15)22/h3-4,9-10H,5-6,8H2,1-2H3,(H,24,25)(H,27,28). The highest BCUT2D eigenvalue weighted by molar-refractivity contribution is 5.81. The zero-order valence-electron chi connectivity index (χ0n) is 16.5. The molecule has 0 radical (unpaired) electrons. The highest BCUT2D eigenvalue weighted by Crippen LogP contribution is 2.32. The largest absolute Gasteiger partial charge is 0.493 e. The topological polar surface area (TPSA) is 104 Å². The van der Waals surface area contributed by atoms with Crippen molar-refractivity contribution in [1.29, 1.82) is 5.26 Å². The fraction of sp³-hybridized carbons (Fsp3) is 0.238. The third-order valence-electron chi connectivity index (χ3n) is 5.37. The first-order chi connectivity index (χ1) is 14.6. The van der Waals surface area contributed by atoms with Crippen LogP contribution in [0.4, 0.5) is 10.3 Å². The van der Waals surface area contributed by atoms with E-state index < -0.39 is 0 Å². The summed E-state index contributed by atoms with van der Waals surface area (Å²) in [6.45, 7) is 4.62. The lowest BCUT2D eigenvalue weighted by Gasteiger charge is -2.13. The highest BCUT2D eigenvalue weighted by atomic mass is 19.1. The Labute approximate surface area is 171 Å². The van der Waals surface area contributed by atoms with Gasteiger partial charge >= 0.3 is 0 Å². The SMILES string of the molecule is Cc1n[nH]c(C)c1-c1cnc(NCc2c(F)ccc3c2CCO3)n2cc(C#N)nc12. The Morgan fingerprint density at radius 3 is 3.00 bits per heavy atom. The fourth-order valence-electron chi connectivity index (χ4n) is 3.96. The molecule has 0 spiro atoms. The summed E-state index contributed by atoms with van der Waals surface area (Å²) < 4.78 is 21.7. The minimum atomic E-state index is -0.285. The van der Waals surface area contributed by atoms with E-state index in [2.05, 4.69) is 31.6 Å². The second-order valence-corrected chi connectivity index (χ2v) is 7.19. The van der Waals surface area contributed by atoms with E-state index in [-0.39, 0.29) is 18.1 Å². The maximum Gasteiger partial charge on any atom is 0.208 e. The fourth-order valence-corrected chi connectivity index (χ4v) is 3.96. The summed E-state index contributed by atoms with van der Waals surface area (Å²) in [4.78, 5) is 8.98. The first-order valence-corrected chi connectivity index (χ1v) is 9.54. The molecule has 0 atom stereocenters. The second kappa shape index (κ2) is 6.84. The molecule has 0 bridgehead atoms. The number of aromatic nitrogens is 5. The van der Waals surface area contributed by atoms with Crippen molar-refractivity contribution >= 4 is 11.6 Å². The van der Waals surface area contributed by atoms with Crippen LogP contribution >= 0.6 is 0 Å². The zero-order chi connectivity index (χ0) is 20.8. The number of rotatable bonds is 4. The Kier molecular flexibility index (Phi) is 4.13. The third-order valence-corrected chi connectivity index (χ3v) is 5.37. The Hall–Kier alpha value is -3.93. The van der Waals surface area contributed by atoms with Gasteiger partial charge in [0.05, 0.1) is 18.5 Å². The molecule has 0 unspecified atom stereocenters. The molecule has 5 rings (SSSR count). The minimum Gasteiger partial charge on any atom is -0.493 e. The predicted octanol–water partition coefficient (Wildman–Crippen LogP) is 3.29. The van der Waals surface area contributed by atoms with E-state index in [4.69, 9.17) is 4.74 Å². The number of halogens is 1. The molecule has 30 heavy (non-hydrogen) atoms. The van der Waals surface area contributed by atoms with E-state index in [0.29, 0.717) is 30.2 Å². The number of hydrogen-bond donors (Lipinski definition) is 2. The van der Waals surface area contributed by atoms with Crippen molar-refractivity contribution in [2.24, 2.45) is 0 Å². The van der Waals surface area contributed by atoms with Crippen molar-refractivity contribution in [3.8, 4) is 22.9 Å². The molecule has 150 valence electrons. The maximum absolute atomic E-state index is 14.5. The number of fused-ring (bicyclic) bond motifs is 2. The van der Waals surface area contributed by atoms with Crippen LogP contribution in [-0.4, -0.2) is 31.2 Å². The van der Waals surface area contributed by atoms with Crippen LogP contribution in [0, 0.1) is 31.0 Å². The molecule has 0 aliphatic carbocycles. The number of hydrogen-bond acceptors (Lipinski definition) is 6. The van der Waals surface area contributed by atoms with Crippen LogP contribution < -0.4 is 10.1 Å². The van der Waals surface area contributed by atoms with Gasteiger partial charge in [-0.3, -0.25) is 9.50 Å². The van der Waals surface area contributed by atoms with Crippen LogP contribution in [0.3, 0.4) is 0 Å². The van der Waals surface area contributed by atoms with Crippen molar-refractivity contribution in [2.75, 3.05) is 11.9 Å². The first kappa shape index (κ1) is 18.1. The highest BCUT2D eigenvalue weighted by Gasteiger charge is 2.21. The molecular weight excluding hydrogens is 385 g/mol. The number of H-pyrrole nitrogens is 1. The van der Waals surface area contributed by atoms with Crippen LogP contribution in [0.2, 0.25) is 0 Å². The van der Waals surface area contributed by atoms with Gasteiger partial charge in [0.2, 0.25) is 5.95 Å². The van der Waals surface area contributed by atoms with E-state index in [9.17, 15) is 9.65 Å². The molecule has 4 aromatic rings. The molecule has 0 fully saturated rings. The van der Waals surface area contributed by atoms with Crippen LogP contribution in [-0.2, 0) is 13.0 Å². The Bertz CT molecular complexity index is 1310. The zero-order valence-corrected chi connectivity index (χ0v) is 16.5. The molecule has 4 heterocycles. The summed E-state index contributed by atoms with van der Waals surface area (Å²) >= 11 is 0. The van der Waals surface area contributed by atoms with Crippen LogP contribution in [0.1, 0.15) is 28.2 Å². The number of aromatic amines is 1. The van der Waals surface area contributed by atoms with Gasteiger partial charge in [0.1, 0.15) is 17.6 Å². The van der Waals surface area contributed by atoms with E-state index in [1.54, 1.807) is 22.9 Å². The van der Waals surface area contributed by atoms with Gasteiger partial charge in [0, 0.05) is 47.1 Å². The monoisotopic (exact) mass is 403 g/mol. The second-order valence-electron chi connectivity index (χ2n) is 7.19. The van der Waals surface area contributed by atoms with E-state index in [1.807, 2.05) is 13.8 Å². The molecule has 0 saturated heterocycles. The van der Waals surface area contributed by atoms with Gasteiger partial charge in [0.25, 0.3) is 0 Å². The minimum absolute atomic E-state index is 0.240. The summed E-state index contributed by atoms with van der Waals surface area (Å²) in [6.07, 6.45) is 3.99. The molecular formula is C21H18FN7O. The molecule has 1 aliphatic heterocycles. The van der Waals surface area contributed by atoms with Gasteiger partial charge in [0.15, 0.2) is 11.3 Å². The Morgan fingerprint density at radius 1 is 1.37 bits per heavy atom. The Morgan fingerprint density at radius 2 is 2.23 bits per heavy atom. The van der Waals surface area contributed by atoms with Gasteiger partial charge in [-0.05, 0) is 26.0 Å². The molecule has 1 aromatic carbocycles. The summed E-state index contributed by atoms with van der Waals surface area (Å²) in [5.41, 5.74) is 5.67. The Balaban J connectivity index is 1.57. The lowest BCUT2D eigenvalue weighted by atomic mass is 10.0. The summed E-state index contributed by atoms with van der Waals surface area (Å²) in [5, 5.41) is 19.8. The van der Waals surface area contributed by atoms with Crippen molar-refractivity contribution < 1.29 is 9.13 Å². The van der Waals surface area contributed by atoms with Crippen LogP contribution in [0.15, 0.2) is 24.5 Å². The van der Waals surface area contributed by atoms with Gasteiger partial charge in [-0.1, -0.05) is 0 Å². The molecule has 1 aliphatic rings. The molecule has 2 N–H and O–H groups in total. The number of nitrogens with one attached hydrogen (secondary N) is 2. The van der Waals surface area contributed by atoms with Crippen LogP contribution in [0.25, 0.3) is 16.8 Å². The smallest absolute Gasteiger partial charge is 0.208 e. The lowest BCUT2D eigenvalue weighted by molar-refractivity contribution is 0.356. The average Bonchev–Trinajstić information content (AvgIpc) is 3.46. The van der Waals surface area contributed by atoms with E-state index >= 15 is 0 Å². The molecule has 3 aromatic heterocycles. The van der Waals surface area contributed by atoms with Crippen molar-refractivity contribution in [3.63, 3.8) is 0 Å². The van der Waals surface area contributed by atoms with Gasteiger partial charge < -0.3 is 10.1 Å². The molecule has 0 saturated carbocycles. The first-order valence-electron chi connectivity index (χ1n) is 9.54. The number of benzene rings is 1. The van der Waals surface area contributed by atoms with E-state index in [0.717, 1.165) is 33.8 Å². The number of imidazole rings is 1. The quantitative estimate of drug-likeness (QED) is 0.542. The number of nitrogens with zero attached hydrogens (tertiary/aromatic N) is 5. The number of anilines is 1. The van der Waals surface area contributed by atoms with Crippen LogP contribution in [0.5, 0.6) is 5.75 Å². The summed E-state index contributed by atoms with van der Waals surface area (Å²) in [7, 11) is 0. The van der Waals surface area contributed by atoms with Crippen molar-refractivity contribution in [1.82, 2.24) is 24.6 Å². The van der Waals surface area contributed by atoms with Gasteiger partial charge in [-0.2, -0.15) is 10.4 Å². The molecule has 0 amide bonds. The van der Waals surface area contributed by atoms with Crippen molar-refractivity contribution in [2.45, 2.75) is 26.8 Å². The van der Waals surface area contributed by atoms with Crippen molar-refractivity contribution in [3.05, 3.63) is 58.6 Å². The number of nitriles is 1. The van der Waals surface area contributed by atoms with Gasteiger partial charge in [-0.15, -0.1) is 0 Å². The summed E-state index contributed by atoms with van der Waals surface area (Å²) in [6, 6.07) is 5.16. The molecule has 9 heteroatoms. The normalized spacial score (nSPS) is 12.6. The summed E-state index contributed by atoms with van der Waals surface area (Å²) in [5.74, 6) is 0.909.